The summed E-state index contributed by atoms with van der Waals surface area (Å²) in [4.78, 5) is 7.50. The summed E-state index contributed by atoms with van der Waals surface area (Å²) >= 11 is 0. The second-order valence-electron chi connectivity index (χ2n) is 8.34. The third-order valence-electron chi connectivity index (χ3n) is 6.17. The zero-order valence-electron chi connectivity index (χ0n) is 17.5. The first-order valence-corrected chi connectivity index (χ1v) is 11.2. The molecule has 2 aromatic rings. The van der Waals surface area contributed by atoms with E-state index in [1.54, 1.807) is 6.26 Å². The number of piperidine rings is 1. The molecule has 0 spiro atoms. The first-order valence-electron chi connectivity index (χ1n) is 11.2. The molecule has 4 rings (SSSR count). The molecule has 2 N–H and O–H groups in total. The predicted octanol–water partition coefficient (Wildman–Crippen LogP) is 3.96. The zero-order chi connectivity index (χ0) is 19.9. The molecule has 1 aromatic heterocycles. The summed E-state index contributed by atoms with van der Waals surface area (Å²) in [5.74, 6) is 1.97. The van der Waals surface area contributed by atoms with Gasteiger partial charge in [-0.2, -0.15) is 0 Å². The van der Waals surface area contributed by atoms with Gasteiger partial charge in [-0.15, -0.1) is 0 Å². The number of nitrogens with zero attached hydrogens (tertiary/aromatic N) is 2. The highest BCUT2D eigenvalue weighted by molar-refractivity contribution is 5.80. The van der Waals surface area contributed by atoms with Crippen molar-refractivity contribution in [3.05, 3.63) is 60.1 Å². The van der Waals surface area contributed by atoms with Crippen molar-refractivity contribution in [2.75, 3.05) is 13.1 Å². The molecular formula is C24H34N4O. The number of guanidine groups is 1. The monoisotopic (exact) mass is 394 g/mol. The van der Waals surface area contributed by atoms with E-state index in [2.05, 4.69) is 52.8 Å². The number of furan rings is 1. The van der Waals surface area contributed by atoms with Gasteiger partial charge < -0.3 is 15.1 Å². The Morgan fingerprint density at radius 1 is 1.10 bits per heavy atom. The molecular weight excluding hydrogens is 360 g/mol. The Labute approximate surface area is 174 Å². The van der Waals surface area contributed by atoms with Crippen LogP contribution in [0.25, 0.3) is 0 Å². The van der Waals surface area contributed by atoms with Crippen molar-refractivity contribution in [3.63, 3.8) is 0 Å². The van der Waals surface area contributed by atoms with E-state index < -0.39 is 0 Å². The van der Waals surface area contributed by atoms with Crippen LogP contribution in [0.5, 0.6) is 0 Å². The van der Waals surface area contributed by atoms with Crippen LogP contribution in [0.15, 0.2) is 58.1 Å². The molecule has 5 heteroatoms. The minimum absolute atomic E-state index is 0.506. The fourth-order valence-electron chi connectivity index (χ4n) is 4.77. The lowest BCUT2D eigenvalue weighted by Crippen LogP contribution is -2.52. The lowest BCUT2D eigenvalue weighted by Gasteiger charge is -2.39. The Kier molecular flexibility index (Phi) is 6.88. The van der Waals surface area contributed by atoms with Gasteiger partial charge in [0.15, 0.2) is 5.96 Å². The second kappa shape index (κ2) is 9.97. The van der Waals surface area contributed by atoms with Crippen molar-refractivity contribution in [1.82, 2.24) is 15.5 Å². The molecule has 2 saturated heterocycles. The van der Waals surface area contributed by atoms with Gasteiger partial charge in [-0.3, -0.25) is 9.89 Å². The number of rotatable bonds is 8. The quantitative estimate of drug-likeness (QED) is 0.526. The summed E-state index contributed by atoms with van der Waals surface area (Å²) < 4.78 is 5.44. The maximum Gasteiger partial charge on any atom is 0.191 e. The molecule has 0 saturated carbocycles. The van der Waals surface area contributed by atoms with Crippen LogP contribution in [0.2, 0.25) is 0 Å². The summed E-state index contributed by atoms with van der Waals surface area (Å²) in [5.41, 5.74) is 1.43. The van der Waals surface area contributed by atoms with Gasteiger partial charge in [0, 0.05) is 44.2 Å². The van der Waals surface area contributed by atoms with E-state index in [1.807, 2.05) is 12.1 Å². The molecule has 0 radical (unpaired) electrons. The molecule has 2 aliphatic heterocycles. The van der Waals surface area contributed by atoms with Gasteiger partial charge in [0.1, 0.15) is 5.76 Å². The van der Waals surface area contributed by atoms with Crippen LogP contribution in [-0.2, 0) is 13.0 Å². The standard InChI is InChI=1S/C24H34N4O/c1-2-13-25-24(26-14-12-23-9-6-15-29-23)27-20-16-21-10-11-22(17-20)28(21)18-19-7-4-3-5-8-19/h3-9,15,20-22H,2,10-14,16-18H2,1H3,(H2,25,26,27). The maximum atomic E-state index is 5.44. The van der Waals surface area contributed by atoms with Gasteiger partial charge in [-0.05, 0) is 49.8 Å². The summed E-state index contributed by atoms with van der Waals surface area (Å²) in [5, 5.41) is 7.24. The molecule has 0 aliphatic carbocycles. The van der Waals surface area contributed by atoms with E-state index >= 15 is 0 Å². The number of nitrogens with one attached hydrogen (secondary N) is 2. The van der Waals surface area contributed by atoms with Crippen molar-refractivity contribution >= 4 is 5.96 Å². The number of benzene rings is 1. The van der Waals surface area contributed by atoms with E-state index in [4.69, 9.17) is 9.41 Å². The van der Waals surface area contributed by atoms with Crippen LogP contribution in [0.4, 0.5) is 0 Å². The molecule has 2 atom stereocenters. The SMILES string of the molecule is CCCN=C(NCCc1ccco1)NC1CC2CCC(C1)N2Cc1ccccc1. The van der Waals surface area contributed by atoms with Crippen molar-refractivity contribution in [3.8, 4) is 0 Å². The van der Waals surface area contributed by atoms with Crippen molar-refractivity contribution in [2.45, 2.75) is 70.1 Å². The third kappa shape index (κ3) is 5.41. The van der Waals surface area contributed by atoms with Gasteiger partial charge >= 0.3 is 0 Å². The van der Waals surface area contributed by atoms with Crippen molar-refractivity contribution in [2.24, 2.45) is 4.99 Å². The second-order valence-corrected chi connectivity index (χ2v) is 8.34. The molecule has 2 unspecified atom stereocenters. The Morgan fingerprint density at radius 3 is 2.59 bits per heavy atom. The highest BCUT2D eigenvalue weighted by atomic mass is 16.3. The van der Waals surface area contributed by atoms with Crippen molar-refractivity contribution in [1.29, 1.82) is 0 Å². The first-order chi connectivity index (χ1) is 14.3. The minimum Gasteiger partial charge on any atom is -0.469 e. The molecule has 156 valence electrons. The third-order valence-corrected chi connectivity index (χ3v) is 6.17. The smallest absolute Gasteiger partial charge is 0.191 e. The molecule has 1 aromatic carbocycles. The summed E-state index contributed by atoms with van der Waals surface area (Å²) in [6.45, 7) is 4.95. The van der Waals surface area contributed by atoms with E-state index in [-0.39, 0.29) is 0 Å². The summed E-state index contributed by atoms with van der Waals surface area (Å²) in [6, 6.07) is 16.7. The highest BCUT2D eigenvalue weighted by Crippen LogP contribution is 2.36. The fourth-order valence-corrected chi connectivity index (χ4v) is 4.77. The zero-order valence-corrected chi connectivity index (χ0v) is 17.5. The molecule has 29 heavy (non-hydrogen) atoms. The van der Waals surface area contributed by atoms with Crippen LogP contribution in [0, 0.1) is 0 Å². The Bertz CT molecular complexity index is 744. The molecule has 2 aliphatic rings. The minimum atomic E-state index is 0.506. The Hall–Kier alpha value is -2.27. The van der Waals surface area contributed by atoms with Crippen LogP contribution in [-0.4, -0.2) is 42.1 Å². The molecule has 2 fully saturated rings. The van der Waals surface area contributed by atoms with Gasteiger partial charge in [0.25, 0.3) is 0 Å². The maximum absolute atomic E-state index is 5.44. The first kappa shape index (κ1) is 20.0. The number of aliphatic imine (C=N–C) groups is 1. The van der Waals surface area contributed by atoms with E-state index in [0.29, 0.717) is 18.1 Å². The Morgan fingerprint density at radius 2 is 1.90 bits per heavy atom. The van der Waals surface area contributed by atoms with Gasteiger partial charge in [0.2, 0.25) is 0 Å². The molecule has 5 nitrogen and oxygen atoms in total. The molecule has 3 heterocycles. The van der Waals surface area contributed by atoms with Crippen LogP contribution < -0.4 is 10.6 Å². The highest BCUT2D eigenvalue weighted by Gasteiger charge is 2.40. The summed E-state index contributed by atoms with van der Waals surface area (Å²) in [7, 11) is 0. The largest absolute Gasteiger partial charge is 0.469 e. The van der Waals surface area contributed by atoms with Gasteiger partial charge in [-0.1, -0.05) is 37.3 Å². The van der Waals surface area contributed by atoms with Crippen LogP contribution in [0.3, 0.4) is 0 Å². The van der Waals surface area contributed by atoms with Crippen LogP contribution >= 0.6 is 0 Å². The topological polar surface area (TPSA) is 52.8 Å². The lowest BCUT2D eigenvalue weighted by molar-refractivity contribution is 0.114. The van der Waals surface area contributed by atoms with Crippen LogP contribution in [0.1, 0.15) is 50.4 Å². The van der Waals surface area contributed by atoms with E-state index in [1.165, 1.54) is 31.2 Å². The normalized spacial score (nSPS) is 24.6. The number of hydrogen-bond acceptors (Lipinski definition) is 3. The van der Waals surface area contributed by atoms with Gasteiger partial charge in [-0.25, -0.2) is 0 Å². The lowest BCUT2D eigenvalue weighted by atomic mass is 9.96. The Balaban J connectivity index is 1.31. The number of hydrogen-bond donors (Lipinski definition) is 2. The van der Waals surface area contributed by atoms with Crippen molar-refractivity contribution < 1.29 is 4.42 Å². The number of fused-ring (bicyclic) bond motifs is 2. The predicted molar refractivity (Wildman–Crippen MR) is 118 cm³/mol. The summed E-state index contributed by atoms with van der Waals surface area (Å²) in [6.07, 6.45) is 8.72. The molecule has 2 bridgehead atoms. The van der Waals surface area contributed by atoms with E-state index in [9.17, 15) is 0 Å². The van der Waals surface area contributed by atoms with E-state index in [0.717, 1.165) is 44.2 Å². The average Bonchev–Trinajstić information content (AvgIpc) is 3.33. The van der Waals surface area contributed by atoms with Gasteiger partial charge in [0.05, 0.1) is 6.26 Å². The average molecular weight is 395 g/mol. The molecule has 0 amide bonds. The fraction of sp³-hybridized carbons (Fsp3) is 0.542.